The fraction of sp³-hybridized carbons (Fsp3) is 0.588. The van der Waals surface area contributed by atoms with Gasteiger partial charge in [-0.2, -0.15) is 0 Å². The Morgan fingerprint density at radius 1 is 1.30 bits per heavy atom. The topological polar surface area (TPSA) is 54.1 Å². The van der Waals surface area contributed by atoms with E-state index in [1.165, 1.54) is 24.0 Å². The van der Waals surface area contributed by atoms with E-state index >= 15 is 0 Å². The molecule has 0 amide bonds. The zero-order valence-corrected chi connectivity index (χ0v) is 16.1. The number of aliphatic imine (C=N–C) groups is 1. The number of halogens is 1. The first kappa shape index (κ1) is 18.5. The Morgan fingerprint density at radius 2 is 2.00 bits per heavy atom. The molecule has 1 saturated carbocycles. The van der Waals surface area contributed by atoms with E-state index in [0.29, 0.717) is 18.5 Å². The van der Waals surface area contributed by atoms with Gasteiger partial charge >= 0.3 is 0 Å². The molecule has 1 aliphatic heterocycles. The van der Waals surface area contributed by atoms with Crippen LogP contribution in [-0.4, -0.2) is 55.2 Å². The van der Waals surface area contributed by atoms with Crippen LogP contribution in [0.1, 0.15) is 24.0 Å². The van der Waals surface area contributed by atoms with Crippen LogP contribution >= 0.6 is 24.0 Å². The quantitative estimate of drug-likeness (QED) is 0.442. The van der Waals surface area contributed by atoms with Crippen LogP contribution in [0, 0.1) is 0 Å². The first-order chi connectivity index (χ1) is 10.7. The Morgan fingerprint density at radius 3 is 2.70 bits per heavy atom. The summed E-state index contributed by atoms with van der Waals surface area (Å²) in [5, 5.41) is 0. The Hall–Kier alpha value is -0.860. The van der Waals surface area contributed by atoms with Gasteiger partial charge in [-0.15, -0.1) is 24.0 Å². The molecule has 2 fully saturated rings. The van der Waals surface area contributed by atoms with E-state index in [-0.39, 0.29) is 24.0 Å². The van der Waals surface area contributed by atoms with Crippen LogP contribution in [0.2, 0.25) is 0 Å². The predicted octanol–water partition coefficient (Wildman–Crippen LogP) is 2.05. The lowest BCUT2D eigenvalue weighted by molar-refractivity contribution is 0.0342. The van der Waals surface area contributed by atoms with Crippen molar-refractivity contribution in [3.05, 3.63) is 35.4 Å². The Labute approximate surface area is 155 Å². The summed E-state index contributed by atoms with van der Waals surface area (Å²) < 4.78 is 5.39. The highest BCUT2D eigenvalue weighted by Crippen LogP contribution is 2.25. The van der Waals surface area contributed by atoms with Gasteiger partial charge in [-0.1, -0.05) is 24.3 Å². The summed E-state index contributed by atoms with van der Waals surface area (Å²) in [7, 11) is 2.03. The summed E-state index contributed by atoms with van der Waals surface area (Å²) in [4.78, 5) is 9.06. The molecule has 2 N–H and O–H groups in total. The van der Waals surface area contributed by atoms with Crippen molar-refractivity contribution in [3.63, 3.8) is 0 Å². The molecule has 128 valence electrons. The molecule has 0 spiro atoms. The molecule has 0 bridgehead atoms. The molecule has 0 unspecified atom stereocenters. The lowest BCUT2D eigenvalue weighted by atomic mass is 10.1. The van der Waals surface area contributed by atoms with Crippen LogP contribution in [0.4, 0.5) is 0 Å². The molecular weight excluding hydrogens is 403 g/mol. The van der Waals surface area contributed by atoms with Crippen molar-refractivity contribution < 1.29 is 4.74 Å². The van der Waals surface area contributed by atoms with E-state index in [1.807, 2.05) is 7.05 Å². The van der Waals surface area contributed by atoms with Crippen LogP contribution in [-0.2, 0) is 17.8 Å². The van der Waals surface area contributed by atoms with Gasteiger partial charge in [0.05, 0.1) is 19.8 Å². The third kappa shape index (κ3) is 5.61. The zero-order chi connectivity index (χ0) is 15.4. The van der Waals surface area contributed by atoms with Crippen LogP contribution < -0.4 is 5.73 Å². The Kier molecular flexibility index (Phi) is 7.10. The van der Waals surface area contributed by atoms with Crippen molar-refractivity contribution in [2.24, 2.45) is 10.7 Å². The second-order valence-corrected chi connectivity index (χ2v) is 6.22. The van der Waals surface area contributed by atoms with Crippen molar-refractivity contribution in [3.8, 4) is 0 Å². The summed E-state index contributed by atoms with van der Waals surface area (Å²) in [6.07, 6.45) is 2.48. The number of guanidine groups is 1. The number of benzene rings is 1. The van der Waals surface area contributed by atoms with Crippen molar-refractivity contribution in [1.82, 2.24) is 9.80 Å². The van der Waals surface area contributed by atoms with Crippen LogP contribution in [0.15, 0.2) is 29.3 Å². The molecule has 0 radical (unpaired) electrons. The highest BCUT2D eigenvalue weighted by Gasteiger charge is 2.27. The van der Waals surface area contributed by atoms with Gasteiger partial charge in [0.2, 0.25) is 0 Å². The fourth-order valence-electron chi connectivity index (χ4n) is 2.78. The number of hydrogen-bond acceptors (Lipinski definition) is 3. The summed E-state index contributed by atoms with van der Waals surface area (Å²) in [5.74, 6) is 0.654. The molecule has 2 aliphatic rings. The minimum absolute atomic E-state index is 0. The van der Waals surface area contributed by atoms with Gasteiger partial charge in [0, 0.05) is 32.7 Å². The average Bonchev–Trinajstić information content (AvgIpc) is 3.38. The molecule has 1 saturated heterocycles. The average molecular weight is 430 g/mol. The second kappa shape index (κ2) is 8.84. The van der Waals surface area contributed by atoms with Crippen LogP contribution in [0.5, 0.6) is 0 Å². The molecular formula is C17H27IN4O. The maximum absolute atomic E-state index is 6.05. The predicted molar refractivity (Wildman–Crippen MR) is 104 cm³/mol. The molecule has 1 aliphatic carbocycles. The molecule has 5 nitrogen and oxygen atoms in total. The highest BCUT2D eigenvalue weighted by molar-refractivity contribution is 14.0. The summed E-state index contributed by atoms with van der Waals surface area (Å²) in [5.41, 5.74) is 8.60. The third-order valence-electron chi connectivity index (χ3n) is 4.38. The van der Waals surface area contributed by atoms with E-state index in [2.05, 4.69) is 39.1 Å². The Bertz CT molecular complexity index is 527. The minimum atomic E-state index is 0. The number of rotatable bonds is 5. The van der Waals surface area contributed by atoms with Crippen molar-refractivity contribution in [2.75, 3.05) is 33.4 Å². The van der Waals surface area contributed by atoms with E-state index in [9.17, 15) is 0 Å². The van der Waals surface area contributed by atoms with Gasteiger partial charge in [-0.25, -0.2) is 4.99 Å². The largest absolute Gasteiger partial charge is 0.379 e. The molecule has 6 heteroatoms. The van der Waals surface area contributed by atoms with Crippen molar-refractivity contribution in [1.29, 1.82) is 0 Å². The molecule has 3 rings (SSSR count). The first-order valence-corrected chi connectivity index (χ1v) is 8.13. The molecule has 1 heterocycles. The first-order valence-electron chi connectivity index (χ1n) is 8.13. The lowest BCUT2D eigenvalue weighted by Crippen LogP contribution is -2.35. The summed E-state index contributed by atoms with van der Waals surface area (Å²) in [6.45, 7) is 5.35. The highest BCUT2D eigenvalue weighted by atomic mass is 127. The fourth-order valence-corrected chi connectivity index (χ4v) is 2.78. The van der Waals surface area contributed by atoms with Crippen LogP contribution in [0.3, 0.4) is 0 Å². The maximum atomic E-state index is 6.05. The summed E-state index contributed by atoms with van der Waals surface area (Å²) in [6, 6.07) is 9.26. The number of nitrogens with zero attached hydrogens (tertiary/aromatic N) is 3. The van der Waals surface area contributed by atoms with E-state index < -0.39 is 0 Å². The minimum Gasteiger partial charge on any atom is -0.379 e. The van der Waals surface area contributed by atoms with Gasteiger partial charge in [0.1, 0.15) is 0 Å². The lowest BCUT2D eigenvalue weighted by Gasteiger charge is -2.26. The molecule has 0 atom stereocenters. The maximum Gasteiger partial charge on any atom is 0.191 e. The molecule has 1 aromatic carbocycles. The van der Waals surface area contributed by atoms with Gasteiger partial charge in [-0.05, 0) is 24.0 Å². The van der Waals surface area contributed by atoms with Gasteiger partial charge in [-0.3, -0.25) is 4.90 Å². The normalized spacial score (nSPS) is 19.3. The van der Waals surface area contributed by atoms with E-state index in [0.717, 1.165) is 32.8 Å². The molecule has 1 aromatic rings. The SMILES string of the molecule is CN(C(N)=NCc1cccc(CN2CCOCC2)c1)C1CC1.I. The van der Waals surface area contributed by atoms with E-state index in [4.69, 9.17) is 10.5 Å². The zero-order valence-electron chi connectivity index (χ0n) is 13.8. The van der Waals surface area contributed by atoms with Crippen LogP contribution in [0.25, 0.3) is 0 Å². The number of ether oxygens (including phenoxy) is 1. The van der Waals surface area contributed by atoms with Crippen molar-refractivity contribution in [2.45, 2.75) is 32.0 Å². The number of nitrogens with two attached hydrogens (primary N) is 1. The number of morpholine rings is 1. The molecule has 0 aromatic heterocycles. The smallest absolute Gasteiger partial charge is 0.191 e. The Balaban J connectivity index is 0.00000192. The van der Waals surface area contributed by atoms with Crippen molar-refractivity contribution >= 4 is 29.9 Å². The third-order valence-corrected chi connectivity index (χ3v) is 4.38. The van der Waals surface area contributed by atoms with Gasteiger partial charge < -0.3 is 15.4 Å². The van der Waals surface area contributed by atoms with Gasteiger partial charge in [0.15, 0.2) is 5.96 Å². The monoisotopic (exact) mass is 430 g/mol. The van der Waals surface area contributed by atoms with E-state index in [1.54, 1.807) is 0 Å². The standard InChI is InChI=1S/C17H26N4O.HI/c1-20(16-5-6-16)17(18)19-12-14-3-2-4-15(11-14)13-21-7-9-22-10-8-21;/h2-4,11,16H,5-10,12-13H2,1H3,(H2,18,19);1H. The molecule has 23 heavy (non-hydrogen) atoms. The summed E-state index contributed by atoms with van der Waals surface area (Å²) >= 11 is 0. The van der Waals surface area contributed by atoms with Gasteiger partial charge in [0.25, 0.3) is 0 Å². The number of hydrogen-bond donors (Lipinski definition) is 1. The second-order valence-electron chi connectivity index (χ2n) is 6.22.